The number of carbonyl (C=O) groups excluding carboxylic acids is 2. The summed E-state index contributed by atoms with van der Waals surface area (Å²) < 4.78 is 12.0. The largest absolute Gasteiger partial charge is 0.497 e. The average molecular weight is 558 g/mol. The van der Waals surface area contributed by atoms with Crippen molar-refractivity contribution in [2.75, 3.05) is 7.11 Å². The summed E-state index contributed by atoms with van der Waals surface area (Å²) >= 11 is 3.50. The first-order valence-electron chi connectivity index (χ1n) is 12.3. The maximum atomic E-state index is 13.7. The van der Waals surface area contributed by atoms with Gasteiger partial charge in [-0.3, -0.25) is 4.79 Å². The van der Waals surface area contributed by atoms with Crippen LogP contribution in [0.15, 0.2) is 106 Å². The lowest BCUT2D eigenvalue weighted by molar-refractivity contribution is -0.140. The van der Waals surface area contributed by atoms with Gasteiger partial charge in [0.15, 0.2) is 5.78 Å². The minimum Gasteiger partial charge on any atom is -0.497 e. The van der Waals surface area contributed by atoms with E-state index in [-0.39, 0.29) is 18.3 Å². The molecule has 37 heavy (non-hydrogen) atoms. The molecule has 0 saturated carbocycles. The molecule has 3 aromatic rings. The van der Waals surface area contributed by atoms with E-state index in [2.05, 4.69) is 21.2 Å². The Morgan fingerprint density at radius 2 is 1.62 bits per heavy atom. The number of ketones is 1. The summed E-state index contributed by atoms with van der Waals surface area (Å²) in [6.45, 7) is 2.05. The van der Waals surface area contributed by atoms with Crippen LogP contribution in [0.1, 0.15) is 48.3 Å². The summed E-state index contributed by atoms with van der Waals surface area (Å²) in [7, 11) is 1.64. The van der Waals surface area contributed by atoms with Gasteiger partial charge in [-0.1, -0.05) is 70.5 Å². The van der Waals surface area contributed by atoms with E-state index in [1.165, 1.54) is 0 Å². The number of methoxy groups -OCH3 is 1. The topological polar surface area (TPSA) is 64.6 Å². The maximum absolute atomic E-state index is 13.7. The Bertz CT molecular complexity index is 1370. The lowest BCUT2D eigenvalue weighted by Crippen LogP contribution is -2.36. The summed E-state index contributed by atoms with van der Waals surface area (Å²) in [5.74, 6) is -0.0254. The van der Waals surface area contributed by atoms with E-state index in [1.807, 2.05) is 85.8 Å². The number of esters is 1. The molecular weight excluding hydrogens is 530 g/mol. The second-order valence-electron chi connectivity index (χ2n) is 9.40. The summed E-state index contributed by atoms with van der Waals surface area (Å²) in [5.41, 5.74) is 5.62. The Labute approximate surface area is 225 Å². The molecule has 2 unspecified atom stereocenters. The fourth-order valence-corrected chi connectivity index (χ4v) is 5.48. The molecule has 0 saturated heterocycles. The van der Waals surface area contributed by atoms with Crippen LogP contribution in [0, 0.1) is 0 Å². The third kappa shape index (κ3) is 5.25. The van der Waals surface area contributed by atoms with Crippen molar-refractivity contribution >= 4 is 27.7 Å². The fourth-order valence-electron chi connectivity index (χ4n) is 5.21. The highest BCUT2D eigenvalue weighted by molar-refractivity contribution is 9.10. The zero-order valence-electron chi connectivity index (χ0n) is 20.8. The predicted octanol–water partition coefficient (Wildman–Crippen LogP) is 6.56. The number of nitrogens with one attached hydrogen (secondary N) is 1. The van der Waals surface area contributed by atoms with E-state index in [0.717, 1.165) is 32.6 Å². The quantitative estimate of drug-likeness (QED) is 0.347. The summed E-state index contributed by atoms with van der Waals surface area (Å²) in [5, 5.41) is 3.41. The van der Waals surface area contributed by atoms with E-state index in [0.29, 0.717) is 29.7 Å². The maximum Gasteiger partial charge on any atom is 0.337 e. The van der Waals surface area contributed by atoms with Crippen LogP contribution in [0.5, 0.6) is 5.75 Å². The van der Waals surface area contributed by atoms with Gasteiger partial charge in [-0.05, 0) is 60.2 Å². The zero-order valence-corrected chi connectivity index (χ0v) is 22.4. The lowest BCUT2D eigenvalue weighted by Gasteiger charge is -2.36. The molecule has 0 radical (unpaired) electrons. The first-order chi connectivity index (χ1) is 17.9. The second-order valence-corrected chi connectivity index (χ2v) is 10.3. The molecule has 0 bridgehead atoms. The van der Waals surface area contributed by atoms with E-state index in [1.54, 1.807) is 7.11 Å². The molecule has 5 nitrogen and oxygen atoms in total. The van der Waals surface area contributed by atoms with Gasteiger partial charge in [-0.15, -0.1) is 0 Å². The Hall–Kier alpha value is -3.64. The number of allylic oxidation sites excluding steroid dienone is 3. The Balaban J connectivity index is 1.49. The number of hydrogen-bond acceptors (Lipinski definition) is 5. The molecule has 0 spiro atoms. The minimum atomic E-state index is -0.489. The molecule has 188 valence electrons. The van der Waals surface area contributed by atoms with Crippen LogP contribution in [-0.2, 0) is 20.9 Å². The number of carbonyl (C=O) groups is 2. The van der Waals surface area contributed by atoms with Crippen molar-refractivity contribution in [1.29, 1.82) is 0 Å². The highest BCUT2D eigenvalue weighted by Gasteiger charge is 2.41. The van der Waals surface area contributed by atoms with Crippen LogP contribution in [0.25, 0.3) is 0 Å². The molecule has 2 aliphatic rings. The fraction of sp³-hybridized carbons (Fsp3) is 0.226. The van der Waals surface area contributed by atoms with Crippen molar-refractivity contribution in [3.8, 4) is 5.75 Å². The Morgan fingerprint density at radius 1 is 0.946 bits per heavy atom. The molecular formula is C31H28BrNO4. The van der Waals surface area contributed by atoms with Gasteiger partial charge < -0.3 is 14.8 Å². The highest BCUT2D eigenvalue weighted by Crippen LogP contribution is 2.46. The third-order valence-electron chi connectivity index (χ3n) is 7.05. The number of halogens is 1. The van der Waals surface area contributed by atoms with E-state index in [4.69, 9.17) is 9.47 Å². The van der Waals surface area contributed by atoms with Gasteiger partial charge in [0.05, 0.1) is 12.7 Å². The molecule has 0 aromatic heterocycles. The first kappa shape index (κ1) is 25.0. The second kappa shape index (κ2) is 10.8. The number of dihydropyridines is 1. The van der Waals surface area contributed by atoms with Gasteiger partial charge in [0.25, 0.3) is 0 Å². The molecule has 1 aliphatic heterocycles. The monoisotopic (exact) mass is 557 g/mol. The van der Waals surface area contributed by atoms with Crippen LogP contribution in [0.3, 0.4) is 0 Å². The minimum absolute atomic E-state index is 0.0448. The zero-order chi connectivity index (χ0) is 25.9. The van der Waals surface area contributed by atoms with Crippen molar-refractivity contribution in [2.45, 2.75) is 38.2 Å². The number of benzene rings is 3. The van der Waals surface area contributed by atoms with Crippen LogP contribution < -0.4 is 10.1 Å². The van der Waals surface area contributed by atoms with Crippen LogP contribution >= 0.6 is 15.9 Å². The van der Waals surface area contributed by atoms with E-state index < -0.39 is 11.9 Å². The summed E-state index contributed by atoms with van der Waals surface area (Å²) in [6, 6.07) is 25.3. The number of rotatable bonds is 6. The predicted molar refractivity (Wildman–Crippen MR) is 146 cm³/mol. The normalized spacial score (nSPS) is 19.3. The smallest absolute Gasteiger partial charge is 0.337 e. The number of Topliss-reactive ketones (excluding diaryl/α,β-unsaturated/α-hetero) is 1. The highest BCUT2D eigenvalue weighted by atomic mass is 79.9. The molecule has 3 aromatic carbocycles. The standard InChI is InChI=1S/C31H28BrNO4/c1-19-28(31(35)37-18-20-6-4-3-5-7-20)29(22-8-12-24(32)13-9-22)30-26(33-19)16-23(17-27(30)34)21-10-14-25(36-2)15-11-21/h3-15,23,29,33H,16-18H2,1-2H3. The molecule has 0 fully saturated rings. The Morgan fingerprint density at radius 3 is 2.30 bits per heavy atom. The van der Waals surface area contributed by atoms with Crippen molar-refractivity contribution in [2.24, 2.45) is 0 Å². The van der Waals surface area contributed by atoms with Crippen molar-refractivity contribution in [1.82, 2.24) is 5.32 Å². The summed E-state index contributed by atoms with van der Waals surface area (Å²) in [6.07, 6.45) is 1.06. The van der Waals surface area contributed by atoms with Crippen molar-refractivity contribution in [3.63, 3.8) is 0 Å². The Kier molecular flexibility index (Phi) is 7.28. The van der Waals surface area contributed by atoms with Crippen LogP contribution in [-0.4, -0.2) is 18.9 Å². The number of hydrogen-bond donors (Lipinski definition) is 1. The molecule has 5 rings (SSSR count). The van der Waals surface area contributed by atoms with Gasteiger partial charge in [0.1, 0.15) is 12.4 Å². The lowest BCUT2D eigenvalue weighted by atomic mass is 9.72. The number of ether oxygens (including phenoxy) is 2. The van der Waals surface area contributed by atoms with Gasteiger partial charge in [-0.2, -0.15) is 0 Å². The third-order valence-corrected chi connectivity index (χ3v) is 7.58. The molecule has 0 amide bonds. The molecule has 1 N–H and O–H groups in total. The first-order valence-corrected chi connectivity index (χ1v) is 13.1. The van der Waals surface area contributed by atoms with Gasteiger partial charge in [0, 0.05) is 33.8 Å². The van der Waals surface area contributed by atoms with Crippen LogP contribution in [0.4, 0.5) is 0 Å². The SMILES string of the molecule is COc1ccc(C2CC(=O)C3=C(C2)NC(C)=C(C(=O)OCc2ccccc2)C3c2ccc(Br)cc2)cc1. The van der Waals surface area contributed by atoms with Gasteiger partial charge in [-0.25, -0.2) is 4.79 Å². The van der Waals surface area contributed by atoms with Gasteiger partial charge >= 0.3 is 5.97 Å². The summed E-state index contributed by atoms with van der Waals surface area (Å²) in [4.78, 5) is 27.2. The van der Waals surface area contributed by atoms with Gasteiger partial charge in [0.2, 0.25) is 0 Å². The average Bonchev–Trinajstić information content (AvgIpc) is 2.92. The molecule has 2 atom stereocenters. The molecule has 1 aliphatic carbocycles. The molecule has 6 heteroatoms. The van der Waals surface area contributed by atoms with Crippen molar-refractivity contribution in [3.05, 3.63) is 123 Å². The van der Waals surface area contributed by atoms with E-state index >= 15 is 0 Å². The van der Waals surface area contributed by atoms with Crippen LogP contribution in [0.2, 0.25) is 0 Å². The molecule has 1 heterocycles. The van der Waals surface area contributed by atoms with Crippen molar-refractivity contribution < 1.29 is 19.1 Å². The van der Waals surface area contributed by atoms with E-state index in [9.17, 15) is 9.59 Å².